The Morgan fingerprint density at radius 3 is 2.46 bits per heavy atom. The zero-order chi connectivity index (χ0) is 18.9. The van der Waals surface area contributed by atoms with E-state index in [-0.39, 0.29) is 29.0 Å². The number of nitrogens with one attached hydrogen (secondary N) is 4. The quantitative estimate of drug-likeness (QED) is 0.458. The number of carbonyl (C=O) groups is 3. The van der Waals surface area contributed by atoms with Crippen molar-refractivity contribution < 1.29 is 14.4 Å². The van der Waals surface area contributed by atoms with E-state index in [0.717, 1.165) is 32.1 Å². The van der Waals surface area contributed by atoms with Gasteiger partial charge in [-0.25, -0.2) is 0 Å². The molecule has 26 heavy (non-hydrogen) atoms. The van der Waals surface area contributed by atoms with Crippen LogP contribution >= 0.6 is 23.8 Å². The summed E-state index contributed by atoms with van der Waals surface area (Å²) in [5, 5.41) is 5.23. The van der Waals surface area contributed by atoms with Gasteiger partial charge in [-0.3, -0.25) is 30.6 Å². The van der Waals surface area contributed by atoms with Crippen LogP contribution in [0.3, 0.4) is 0 Å². The third-order valence-electron chi connectivity index (χ3n) is 4.06. The molecular weight excluding hydrogens is 376 g/mol. The maximum Gasteiger partial charge on any atom is 0.258 e. The van der Waals surface area contributed by atoms with E-state index < -0.39 is 11.8 Å². The first-order valence-corrected chi connectivity index (χ1v) is 9.18. The second-order valence-electron chi connectivity index (χ2n) is 5.99. The first-order valence-electron chi connectivity index (χ1n) is 8.40. The fourth-order valence-electron chi connectivity index (χ4n) is 2.69. The molecule has 4 N–H and O–H groups in total. The van der Waals surface area contributed by atoms with Crippen molar-refractivity contribution in [3.8, 4) is 0 Å². The number of hydrazine groups is 1. The monoisotopic (exact) mass is 396 g/mol. The minimum absolute atomic E-state index is 0.0134. The molecule has 0 unspecified atom stereocenters. The summed E-state index contributed by atoms with van der Waals surface area (Å²) in [5.41, 5.74) is 5.00. The molecule has 1 aliphatic rings. The average Bonchev–Trinajstić information content (AvgIpc) is 2.65. The van der Waals surface area contributed by atoms with Crippen LogP contribution in [0.4, 0.5) is 0 Å². The molecule has 0 aromatic heterocycles. The van der Waals surface area contributed by atoms with E-state index in [2.05, 4.69) is 21.5 Å². The summed E-state index contributed by atoms with van der Waals surface area (Å²) in [6.07, 6.45) is 4.98. The second-order valence-corrected chi connectivity index (χ2v) is 6.80. The van der Waals surface area contributed by atoms with Crippen molar-refractivity contribution in [2.45, 2.75) is 32.1 Å². The molecule has 140 valence electrons. The Kier molecular flexibility index (Phi) is 7.80. The molecule has 0 atom stereocenters. The van der Waals surface area contributed by atoms with Crippen molar-refractivity contribution in [3.05, 3.63) is 34.9 Å². The summed E-state index contributed by atoms with van der Waals surface area (Å²) in [6.45, 7) is -0.163. The molecule has 9 heteroatoms. The lowest BCUT2D eigenvalue weighted by Crippen LogP contribution is -2.51. The maximum absolute atomic E-state index is 12.0. The molecule has 0 heterocycles. The van der Waals surface area contributed by atoms with Gasteiger partial charge in [0.25, 0.3) is 11.8 Å². The van der Waals surface area contributed by atoms with Crippen LogP contribution in [-0.4, -0.2) is 29.4 Å². The van der Waals surface area contributed by atoms with Crippen LogP contribution in [-0.2, 0) is 9.59 Å². The van der Waals surface area contributed by atoms with Gasteiger partial charge in [0.2, 0.25) is 5.91 Å². The molecule has 3 amide bonds. The largest absolute Gasteiger partial charge is 0.347 e. The van der Waals surface area contributed by atoms with Crippen LogP contribution in [0.1, 0.15) is 42.5 Å². The lowest BCUT2D eigenvalue weighted by molar-refractivity contribution is -0.129. The first kappa shape index (κ1) is 20.1. The number of benzene rings is 1. The zero-order valence-electron chi connectivity index (χ0n) is 14.1. The molecule has 2 rings (SSSR count). The van der Waals surface area contributed by atoms with E-state index in [1.165, 1.54) is 0 Å². The molecule has 1 aliphatic carbocycles. The number of halogens is 1. The summed E-state index contributed by atoms with van der Waals surface area (Å²) in [4.78, 5) is 35.7. The highest BCUT2D eigenvalue weighted by molar-refractivity contribution is 7.80. The Hall–Kier alpha value is -2.19. The van der Waals surface area contributed by atoms with Gasteiger partial charge in [-0.05, 0) is 37.2 Å². The highest BCUT2D eigenvalue weighted by Gasteiger charge is 2.21. The van der Waals surface area contributed by atoms with E-state index in [0.29, 0.717) is 5.02 Å². The van der Waals surface area contributed by atoms with E-state index in [1.54, 1.807) is 24.3 Å². The highest BCUT2D eigenvalue weighted by Crippen LogP contribution is 2.23. The van der Waals surface area contributed by atoms with Crippen molar-refractivity contribution in [1.29, 1.82) is 0 Å². The molecule has 0 bridgehead atoms. The predicted octanol–water partition coefficient (Wildman–Crippen LogP) is 1.67. The van der Waals surface area contributed by atoms with Crippen LogP contribution in [0.2, 0.25) is 5.02 Å². The predicted molar refractivity (Wildman–Crippen MR) is 102 cm³/mol. The molecular formula is C17H21ClN4O3S. The minimum Gasteiger partial charge on any atom is -0.347 e. The molecule has 0 radical (unpaired) electrons. The SMILES string of the molecule is O=C(CNC(=O)C1CCCCC1)NNC(=S)NC(=O)c1ccccc1Cl. The van der Waals surface area contributed by atoms with Crippen molar-refractivity contribution in [2.24, 2.45) is 5.92 Å². The van der Waals surface area contributed by atoms with Crippen molar-refractivity contribution in [1.82, 2.24) is 21.5 Å². The van der Waals surface area contributed by atoms with Gasteiger partial charge in [0, 0.05) is 5.92 Å². The summed E-state index contributed by atoms with van der Waals surface area (Å²) in [6, 6.07) is 6.52. The molecule has 1 saturated carbocycles. The van der Waals surface area contributed by atoms with E-state index in [1.807, 2.05) is 0 Å². The Bertz CT molecular complexity index is 692. The van der Waals surface area contributed by atoms with Crippen molar-refractivity contribution in [3.63, 3.8) is 0 Å². The number of amides is 3. The number of thiocarbonyl (C=S) groups is 1. The molecule has 1 aromatic rings. The van der Waals surface area contributed by atoms with Crippen LogP contribution in [0.5, 0.6) is 0 Å². The third kappa shape index (κ3) is 6.27. The maximum atomic E-state index is 12.0. The Labute approximate surface area is 162 Å². The normalized spacial score (nSPS) is 14.2. The topological polar surface area (TPSA) is 99.3 Å². The Balaban J connectivity index is 1.68. The summed E-state index contributed by atoms with van der Waals surface area (Å²) in [5.74, 6) is -1.08. The average molecular weight is 397 g/mol. The van der Waals surface area contributed by atoms with Crippen LogP contribution < -0.4 is 21.5 Å². The summed E-state index contributed by atoms with van der Waals surface area (Å²) >= 11 is 10.9. The molecule has 7 nitrogen and oxygen atoms in total. The van der Waals surface area contributed by atoms with Gasteiger partial charge in [-0.15, -0.1) is 0 Å². The number of rotatable bonds is 4. The van der Waals surface area contributed by atoms with Crippen molar-refractivity contribution in [2.75, 3.05) is 6.54 Å². The molecule has 1 fully saturated rings. The van der Waals surface area contributed by atoms with Gasteiger partial charge in [0.05, 0.1) is 17.1 Å². The highest BCUT2D eigenvalue weighted by atomic mass is 35.5. The van der Waals surface area contributed by atoms with E-state index in [9.17, 15) is 14.4 Å². The molecule has 0 spiro atoms. The fourth-order valence-corrected chi connectivity index (χ4v) is 3.06. The molecule has 1 aromatic carbocycles. The minimum atomic E-state index is -0.493. The molecule has 0 saturated heterocycles. The summed E-state index contributed by atoms with van der Waals surface area (Å²) < 4.78 is 0. The van der Waals surface area contributed by atoms with Gasteiger partial charge in [0.15, 0.2) is 5.11 Å². The standard InChI is InChI=1S/C17H21ClN4O3S/c18-13-9-5-4-8-12(13)16(25)20-17(26)22-21-14(23)10-19-15(24)11-6-2-1-3-7-11/h4-5,8-9,11H,1-3,6-7,10H2,(H,19,24)(H,21,23)(H2,20,22,25,26). The fraction of sp³-hybridized carbons (Fsp3) is 0.412. The van der Waals surface area contributed by atoms with Gasteiger partial charge in [-0.2, -0.15) is 0 Å². The van der Waals surface area contributed by atoms with Gasteiger partial charge in [0.1, 0.15) is 0 Å². The lowest BCUT2D eigenvalue weighted by Gasteiger charge is -2.20. The van der Waals surface area contributed by atoms with Crippen LogP contribution in [0, 0.1) is 5.92 Å². The Morgan fingerprint density at radius 1 is 1.08 bits per heavy atom. The number of carbonyl (C=O) groups excluding carboxylic acids is 3. The van der Waals surface area contributed by atoms with Crippen LogP contribution in [0.25, 0.3) is 0 Å². The van der Waals surface area contributed by atoms with Crippen LogP contribution in [0.15, 0.2) is 24.3 Å². The molecule has 0 aliphatic heterocycles. The lowest BCUT2D eigenvalue weighted by atomic mass is 9.89. The van der Waals surface area contributed by atoms with Crippen molar-refractivity contribution >= 4 is 46.7 Å². The summed E-state index contributed by atoms with van der Waals surface area (Å²) in [7, 11) is 0. The number of hydrogen-bond donors (Lipinski definition) is 4. The number of hydrogen-bond acceptors (Lipinski definition) is 4. The Morgan fingerprint density at radius 2 is 1.77 bits per heavy atom. The second kappa shape index (κ2) is 10.1. The van der Waals surface area contributed by atoms with Gasteiger partial charge in [-0.1, -0.05) is 43.0 Å². The smallest absolute Gasteiger partial charge is 0.258 e. The van der Waals surface area contributed by atoms with E-state index in [4.69, 9.17) is 23.8 Å². The first-order chi connectivity index (χ1) is 12.5. The van der Waals surface area contributed by atoms with Gasteiger partial charge >= 0.3 is 0 Å². The zero-order valence-corrected chi connectivity index (χ0v) is 15.7. The van der Waals surface area contributed by atoms with Gasteiger partial charge < -0.3 is 5.32 Å². The third-order valence-corrected chi connectivity index (χ3v) is 4.59. The van der Waals surface area contributed by atoms with E-state index >= 15 is 0 Å².